The second-order valence-electron chi connectivity index (χ2n) is 4.49. The van der Waals surface area contributed by atoms with Crippen LogP contribution in [0.1, 0.15) is 43.4 Å². The molecule has 102 valence electrons. The molecular formula is C13H22N2O2S. The van der Waals surface area contributed by atoms with E-state index in [4.69, 9.17) is 4.74 Å². The Morgan fingerprint density at radius 1 is 1.50 bits per heavy atom. The van der Waals surface area contributed by atoms with Crippen molar-refractivity contribution in [2.24, 2.45) is 0 Å². The van der Waals surface area contributed by atoms with Crippen molar-refractivity contribution < 1.29 is 9.84 Å². The highest BCUT2D eigenvalue weighted by Gasteiger charge is 2.24. The van der Waals surface area contributed by atoms with E-state index in [-0.39, 0.29) is 6.10 Å². The minimum absolute atomic E-state index is 0.357. The Hall–Kier alpha value is -0.650. The van der Waals surface area contributed by atoms with Crippen molar-refractivity contribution in [2.45, 2.75) is 39.2 Å². The first-order valence-electron chi connectivity index (χ1n) is 6.76. The molecule has 1 aliphatic carbocycles. The molecule has 0 spiro atoms. The van der Waals surface area contributed by atoms with Gasteiger partial charge in [-0.1, -0.05) is 0 Å². The van der Waals surface area contributed by atoms with Gasteiger partial charge in [0, 0.05) is 24.6 Å². The molecule has 0 amide bonds. The molecule has 0 aromatic carbocycles. The molecule has 1 N–H and O–H groups in total. The van der Waals surface area contributed by atoms with Crippen LogP contribution < -0.4 is 4.90 Å². The van der Waals surface area contributed by atoms with E-state index in [0.717, 1.165) is 56.4 Å². The molecule has 1 heterocycles. The fourth-order valence-corrected chi connectivity index (χ4v) is 3.47. The molecule has 4 nitrogen and oxygen atoms in total. The van der Waals surface area contributed by atoms with Crippen LogP contribution in [0.5, 0.6) is 0 Å². The second-order valence-corrected chi connectivity index (χ2v) is 5.55. The summed E-state index contributed by atoms with van der Waals surface area (Å²) < 4.78 is 5.40. The number of aliphatic hydroxyl groups is 1. The van der Waals surface area contributed by atoms with Gasteiger partial charge in [-0.05, 0) is 33.1 Å². The highest BCUT2D eigenvalue weighted by Crippen LogP contribution is 2.36. The van der Waals surface area contributed by atoms with E-state index >= 15 is 0 Å². The summed E-state index contributed by atoms with van der Waals surface area (Å²) in [5.74, 6) is 0. The molecule has 0 saturated heterocycles. The van der Waals surface area contributed by atoms with E-state index in [0.29, 0.717) is 0 Å². The molecule has 0 aliphatic heterocycles. The number of hydrogen-bond acceptors (Lipinski definition) is 5. The first-order valence-corrected chi connectivity index (χ1v) is 7.58. The summed E-state index contributed by atoms with van der Waals surface area (Å²) in [4.78, 5) is 8.11. The standard InChI is InChI=1S/C13H22N2O2S/c1-3-15(8-9-17-4-2)13-14-12-10(16)6-5-7-11(12)18-13/h10,16H,3-9H2,1-2H3. The molecule has 0 saturated carbocycles. The van der Waals surface area contributed by atoms with Crippen LogP contribution in [0.2, 0.25) is 0 Å². The van der Waals surface area contributed by atoms with Gasteiger partial charge in [0.1, 0.15) is 0 Å². The molecule has 1 unspecified atom stereocenters. The normalized spacial score (nSPS) is 18.7. The van der Waals surface area contributed by atoms with E-state index in [9.17, 15) is 5.11 Å². The van der Waals surface area contributed by atoms with E-state index in [1.807, 2.05) is 6.92 Å². The maximum atomic E-state index is 9.94. The van der Waals surface area contributed by atoms with Gasteiger partial charge in [-0.3, -0.25) is 0 Å². The number of aliphatic hydroxyl groups excluding tert-OH is 1. The lowest BCUT2D eigenvalue weighted by Crippen LogP contribution is -2.27. The lowest BCUT2D eigenvalue weighted by molar-refractivity contribution is 0.152. The molecule has 2 rings (SSSR count). The maximum absolute atomic E-state index is 9.94. The number of anilines is 1. The molecular weight excluding hydrogens is 248 g/mol. The van der Waals surface area contributed by atoms with Crippen molar-refractivity contribution in [3.05, 3.63) is 10.6 Å². The minimum Gasteiger partial charge on any atom is -0.387 e. The molecule has 0 radical (unpaired) electrons. The molecule has 1 atom stereocenters. The van der Waals surface area contributed by atoms with Gasteiger partial charge in [0.2, 0.25) is 0 Å². The van der Waals surface area contributed by atoms with Crippen molar-refractivity contribution >= 4 is 16.5 Å². The highest BCUT2D eigenvalue weighted by molar-refractivity contribution is 7.15. The fraction of sp³-hybridized carbons (Fsp3) is 0.769. The number of ether oxygens (including phenoxy) is 1. The Morgan fingerprint density at radius 3 is 3.00 bits per heavy atom. The lowest BCUT2D eigenvalue weighted by Gasteiger charge is -2.19. The third-order valence-electron chi connectivity index (χ3n) is 3.28. The third-order valence-corrected chi connectivity index (χ3v) is 4.47. The van der Waals surface area contributed by atoms with Crippen LogP contribution in [0.3, 0.4) is 0 Å². The molecule has 18 heavy (non-hydrogen) atoms. The van der Waals surface area contributed by atoms with Gasteiger partial charge < -0.3 is 14.7 Å². The summed E-state index contributed by atoms with van der Waals surface area (Å²) in [6.45, 7) is 7.42. The van der Waals surface area contributed by atoms with Crippen LogP contribution in [0.25, 0.3) is 0 Å². The lowest BCUT2D eigenvalue weighted by atomic mass is 10.0. The quantitative estimate of drug-likeness (QED) is 0.806. The predicted octanol–water partition coefficient (Wildman–Crippen LogP) is 2.38. The Kier molecular flexibility index (Phi) is 4.97. The summed E-state index contributed by atoms with van der Waals surface area (Å²) in [6.07, 6.45) is 2.62. The summed E-state index contributed by atoms with van der Waals surface area (Å²) in [7, 11) is 0. The largest absolute Gasteiger partial charge is 0.387 e. The Labute approximate surface area is 113 Å². The third kappa shape index (κ3) is 3.02. The smallest absolute Gasteiger partial charge is 0.185 e. The number of fused-ring (bicyclic) bond motifs is 1. The van der Waals surface area contributed by atoms with Crippen LogP contribution in [-0.2, 0) is 11.2 Å². The second kappa shape index (κ2) is 6.50. The van der Waals surface area contributed by atoms with Crippen LogP contribution in [0, 0.1) is 0 Å². The molecule has 1 aromatic heterocycles. The Bertz CT molecular complexity index is 381. The zero-order chi connectivity index (χ0) is 13.0. The molecule has 5 heteroatoms. The van der Waals surface area contributed by atoms with E-state index in [1.54, 1.807) is 11.3 Å². The van der Waals surface area contributed by atoms with Gasteiger partial charge in [0.25, 0.3) is 0 Å². The van der Waals surface area contributed by atoms with Crippen molar-refractivity contribution in [3.63, 3.8) is 0 Å². The summed E-state index contributed by atoms with van der Waals surface area (Å²) in [6, 6.07) is 0. The molecule has 0 fully saturated rings. The number of likely N-dealkylation sites (N-methyl/N-ethyl adjacent to an activating group) is 1. The van der Waals surface area contributed by atoms with Crippen LogP contribution in [0.15, 0.2) is 0 Å². The zero-order valence-electron chi connectivity index (χ0n) is 11.2. The van der Waals surface area contributed by atoms with Gasteiger partial charge in [0.15, 0.2) is 5.13 Å². The van der Waals surface area contributed by atoms with Gasteiger partial charge >= 0.3 is 0 Å². The number of aromatic nitrogens is 1. The SMILES string of the molecule is CCOCCN(CC)c1nc2c(s1)CCCC2O. The molecule has 0 bridgehead atoms. The number of hydrogen-bond donors (Lipinski definition) is 1. The molecule has 1 aromatic rings. The van der Waals surface area contributed by atoms with Gasteiger partial charge in [-0.2, -0.15) is 0 Å². The summed E-state index contributed by atoms with van der Waals surface area (Å²) in [5, 5.41) is 11.0. The zero-order valence-corrected chi connectivity index (χ0v) is 12.0. The summed E-state index contributed by atoms with van der Waals surface area (Å²) >= 11 is 1.73. The van der Waals surface area contributed by atoms with Gasteiger partial charge in [0.05, 0.1) is 18.4 Å². The maximum Gasteiger partial charge on any atom is 0.185 e. The number of rotatable bonds is 6. The van der Waals surface area contributed by atoms with Gasteiger partial charge in [-0.15, -0.1) is 11.3 Å². The van der Waals surface area contributed by atoms with Crippen molar-refractivity contribution in [1.29, 1.82) is 0 Å². The highest BCUT2D eigenvalue weighted by atomic mass is 32.1. The number of thiazole rings is 1. The topological polar surface area (TPSA) is 45.6 Å². The van der Waals surface area contributed by atoms with E-state index in [2.05, 4.69) is 16.8 Å². The van der Waals surface area contributed by atoms with Crippen LogP contribution in [0.4, 0.5) is 5.13 Å². The summed E-state index contributed by atoms with van der Waals surface area (Å²) in [5.41, 5.74) is 0.913. The van der Waals surface area contributed by atoms with E-state index < -0.39 is 0 Å². The van der Waals surface area contributed by atoms with Crippen molar-refractivity contribution in [1.82, 2.24) is 4.98 Å². The van der Waals surface area contributed by atoms with Crippen molar-refractivity contribution in [2.75, 3.05) is 31.2 Å². The Balaban J connectivity index is 2.06. The average molecular weight is 270 g/mol. The monoisotopic (exact) mass is 270 g/mol. The average Bonchev–Trinajstić information content (AvgIpc) is 2.80. The fourth-order valence-electron chi connectivity index (χ4n) is 2.23. The Morgan fingerprint density at radius 2 is 2.33 bits per heavy atom. The minimum atomic E-state index is -0.357. The molecule has 1 aliphatic rings. The number of aryl methyl sites for hydroxylation is 1. The predicted molar refractivity (Wildman–Crippen MR) is 74.4 cm³/mol. The van der Waals surface area contributed by atoms with Crippen molar-refractivity contribution in [3.8, 4) is 0 Å². The van der Waals surface area contributed by atoms with Gasteiger partial charge in [-0.25, -0.2) is 4.98 Å². The van der Waals surface area contributed by atoms with Crippen LogP contribution >= 0.6 is 11.3 Å². The first kappa shape index (κ1) is 13.8. The number of nitrogens with zero attached hydrogens (tertiary/aromatic N) is 2. The first-order chi connectivity index (χ1) is 8.76. The van der Waals surface area contributed by atoms with E-state index in [1.165, 1.54) is 4.88 Å². The van der Waals surface area contributed by atoms with Crippen LogP contribution in [-0.4, -0.2) is 36.4 Å².